The van der Waals surface area contributed by atoms with Gasteiger partial charge in [0, 0.05) is 6.92 Å². The van der Waals surface area contributed by atoms with Crippen molar-refractivity contribution in [3.63, 3.8) is 0 Å². The van der Waals surface area contributed by atoms with Crippen molar-refractivity contribution in [2.45, 2.75) is 40.2 Å². The van der Waals surface area contributed by atoms with Gasteiger partial charge in [0.25, 0.3) is 11.8 Å². The maximum absolute atomic E-state index is 12.0. The Balaban J connectivity index is 2.41. The molecule has 0 aliphatic heterocycles. The number of benzene rings is 1. The van der Waals surface area contributed by atoms with Crippen molar-refractivity contribution in [1.82, 2.24) is 16.2 Å². The molecule has 1 unspecified atom stereocenters. The summed E-state index contributed by atoms with van der Waals surface area (Å²) in [5.41, 5.74) is 5.74. The molecule has 0 aliphatic rings. The Morgan fingerprint density at radius 3 is 2.21 bits per heavy atom. The highest BCUT2D eigenvalue weighted by Gasteiger charge is 2.23. The van der Waals surface area contributed by atoms with E-state index in [0.717, 1.165) is 6.42 Å². The van der Waals surface area contributed by atoms with Crippen LogP contribution in [0.1, 0.15) is 33.3 Å². The fraction of sp³-hybridized carbons (Fsp3) is 0.471. The van der Waals surface area contributed by atoms with Gasteiger partial charge >= 0.3 is 0 Å². The second-order valence-corrected chi connectivity index (χ2v) is 5.75. The number of rotatable bonds is 7. The van der Waals surface area contributed by atoms with Gasteiger partial charge in [-0.1, -0.05) is 32.9 Å². The first-order chi connectivity index (χ1) is 11.3. The molecule has 0 saturated carbocycles. The average Bonchev–Trinajstić information content (AvgIpc) is 2.55. The molecule has 1 rings (SSSR count). The largest absolute Gasteiger partial charge is 0.484 e. The van der Waals surface area contributed by atoms with Crippen LogP contribution < -0.4 is 20.9 Å². The first-order valence-corrected chi connectivity index (χ1v) is 7.91. The van der Waals surface area contributed by atoms with E-state index in [-0.39, 0.29) is 18.4 Å². The number of ether oxygens (including phenoxy) is 1. The van der Waals surface area contributed by atoms with Crippen LogP contribution in [0, 0.1) is 5.92 Å². The second kappa shape index (κ2) is 9.54. The Kier molecular flexibility index (Phi) is 7.74. The first-order valence-electron chi connectivity index (χ1n) is 7.91. The molecule has 0 spiro atoms. The van der Waals surface area contributed by atoms with Crippen LogP contribution in [-0.2, 0) is 20.8 Å². The lowest BCUT2D eigenvalue weighted by molar-refractivity contribution is -0.133. The lowest BCUT2D eigenvalue weighted by Gasteiger charge is -2.21. The summed E-state index contributed by atoms with van der Waals surface area (Å²) in [4.78, 5) is 34.8. The zero-order valence-corrected chi connectivity index (χ0v) is 14.5. The number of carbonyl (C=O) groups is 3. The van der Waals surface area contributed by atoms with Crippen LogP contribution in [0.3, 0.4) is 0 Å². The first kappa shape index (κ1) is 19.5. The Morgan fingerprint density at radius 1 is 1.08 bits per heavy atom. The predicted molar refractivity (Wildman–Crippen MR) is 90.0 cm³/mol. The van der Waals surface area contributed by atoms with Crippen molar-refractivity contribution >= 4 is 17.7 Å². The van der Waals surface area contributed by atoms with Crippen LogP contribution in [0.4, 0.5) is 0 Å². The van der Waals surface area contributed by atoms with Gasteiger partial charge in [-0.2, -0.15) is 0 Å². The Labute approximate surface area is 142 Å². The Hall–Kier alpha value is -2.57. The third-order valence-electron chi connectivity index (χ3n) is 3.33. The van der Waals surface area contributed by atoms with Crippen molar-refractivity contribution in [3.8, 4) is 5.75 Å². The van der Waals surface area contributed by atoms with E-state index < -0.39 is 17.9 Å². The minimum Gasteiger partial charge on any atom is -0.484 e. The van der Waals surface area contributed by atoms with Crippen molar-refractivity contribution in [3.05, 3.63) is 29.8 Å². The van der Waals surface area contributed by atoms with Gasteiger partial charge in [0.15, 0.2) is 6.61 Å². The number of hydrogen-bond donors (Lipinski definition) is 3. The van der Waals surface area contributed by atoms with Gasteiger partial charge in [0.05, 0.1) is 0 Å². The van der Waals surface area contributed by atoms with E-state index in [1.165, 1.54) is 12.5 Å². The quantitative estimate of drug-likeness (QED) is 0.646. The van der Waals surface area contributed by atoms with E-state index in [1.807, 2.05) is 12.1 Å². The van der Waals surface area contributed by atoms with E-state index in [2.05, 4.69) is 23.1 Å². The maximum atomic E-state index is 12.0. The van der Waals surface area contributed by atoms with E-state index in [9.17, 15) is 14.4 Å². The molecule has 3 N–H and O–H groups in total. The molecule has 0 radical (unpaired) electrons. The molecule has 132 valence electrons. The smallest absolute Gasteiger partial charge is 0.276 e. The number of amides is 3. The minimum atomic E-state index is -0.717. The van der Waals surface area contributed by atoms with Gasteiger partial charge in [-0.15, -0.1) is 0 Å². The van der Waals surface area contributed by atoms with E-state index >= 15 is 0 Å². The summed E-state index contributed by atoms with van der Waals surface area (Å²) in [6.45, 7) is 6.75. The average molecular weight is 335 g/mol. The highest BCUT2D eigenvalue weighted by molar-refractivity contribution is 5.89. The SMILES string of the molecule is CCc1ccc(OCC(=O)NNC(=O)C(NC(C)=O)C(C)C)cc1. The standard InChI is InChI=1S/C17H25N3O4/c1-5-13-6-8-14(9-7-13)24-10-15(22)19-20-17(23)16(11(2)3)18-12(4)21/h6-9,11,16H,5,10H2,1-4H3,(H,18,21)(H,19,22)(H,20,23). The molecule has 7 heteroatoms. The minimum absolute atomic E-state index is 0.112. The summed E-state index contributed by atoms with van der Waals surface area (Å²) in [5.74, 6) is -0.825. The van der Waals surface area contributed by atoms with Crippen LogP contribution in [-0.4, -0.2) is 30.4 Å². The molecule has 1 atom stereocenters. The number of carbonyl (C=O) groups excluding carboxylic acids is 3. The third-order valence-corrected chi connectivity index (χ3v) is 3.33. The molecule has 0 saturated heterocycles. The summed E-state index contributed by atoms with van der Waals surface area (Å²) >= 11 is 0. The molecule has 0 bridgehead atoms. The highest BCUT2D eigenvalue weighted by Crippen LogP contribution is 2.12. The van der Waals surface area contributed by atoms with Gasteiger partial charge in [-0.05, 0) is 30.0 Å². The number of hydrazine groups is 1. The van der Waals surface area contributed by atoms with Crippen LogP contribution in [0.2, 0.25) is 0 Å². The lowest BCUT2D eigenvalue weighted by atomic mass is 10.0. The lowest BCUT2D eigenvalue weighted by Crippen LogP contribution is -2.54. The van der Waals surface area contributed by atoms with E-state index in [0.29, 0.717) is 5.75 Å². The van der Waals surface area contributed by atoms with Gasteiger partial charge in [-0.3, -0.25) is 25.2 Å². The number of nitrogens with one attached hydrogen (secondary N) is 3. The molecule has 24 heavy (non-hydrogen) atoms. The topological polar surface area (TPSA) is 96.5 Å². The van der Waals surface area contributed by atoms with Gasteiger partial charge < -0.3 is 10.1 Å². The molecule has 0 fully saturated rings. The molecule has 0 aromatic heterocycles. The fourth-order valence-corrected chi connectivity index (χ4v) is 1.97. The molecule has 0 aliphatic carbocycles. The van der Waals surface area contributed by atoms with Crippen LogP contribution in [0.15, 0.2) is 24.3 Å². The summed E-state index contributed by atoms with van der Waals surface area (Å²) in [6.07, 6.45) is 0.929. The van der Waals surface area contributed by atoms with Crippen molar-refractivity contribution < 1.29 is 19.1 Å². The van der Waals surface area contributed by atoms with Crippen LogP contribution >= 0.6 is 0 Å². The normalized spacial score (nSPS) is 11.5. The van der Waals surface area contributed by atoms with Crippen LogP contribution in [0.5, 0.6) is 5.75 Å². The Bertz CT molecular complexity index is 570. The Morgan fingerprint density at radius 2 is 1.71 bits per heavy atom. The van der Waals surface area contributed by atoms with Crippen molar-refractivity contribution in [2.24, 2.45) is 5.92 Å². The highest BCUT2D eigenvalue weighted by atomic mass is 16.5. The molecule has 1 aromatic rings. The van der Waals surface area contributed by atoms with E-state index in [1.54, 1.807) is 26.0 Å². The number of hydrogen-bond acceptors (Lipinski definition) is 4. The summed E-state index contributed by atoms with van der Waals surface area (Å²) in [6, 6.07) is 6.71. The molecular weight excluding hydrogens is 310 g/mol. The van der Waals surface area contributed by atoms with Crippen LogP contribution in [0.25, 0.3) is 0 Å². The third kappa shape index (κ3) is 6.68. The maximum Gasteiger partial charge on any atom is 0.276 e. The molecule has 1 aromatic carbocycles. The zero-order chi connectivity index (χ0) is 18.1. The monoisotopic (exact) mass is 335 g/mol. The van der Waals surface area contributed by atoms with Gasteiger partial charge in [0.1, 0.15) is 11.8 Å². The zero-order valence-electron chi connectivity index (χ0n) is 14.5. The fourth-order valence-electron chi connectivity index (χ4n) is 1.97. The molecule has 0 heterocycles. The molecule has 3 amide bonds. The molecule has 7 nitrogen and oxygen atoms in total. The van der Waals surface area contributed by atoms with Crippen molar-refractivity contribution in [1.29, 1.82) is 0 Å². The van der Waals surface area contributed by atoms with Gasteiger partial charge in [-0.25, -0.2) is 0 Å². The van der Waals surface area contributed by atoms with Crippen molar-refractivity contribution in [2.75, 3.05) is 6.61 Å². The number of aryl methyl sites for hydroxylation is 1. The summed E-state index contributed by atoms with van der Waals surface area (Å²) < 4.78 is 5.34. The predicted octanol–water partition coefficient (Wildman–Crippen LogP) is 0.936. The second-order valence-electron chi connectivity index (χ2n) is 5.75. The summed E-state index contributed by atoms with van der Waals surface area (Å²) in [7, 11) is 0. The van der Waals surface area contributed by atoms with E-state index in [4.69, 9.17) is 4.74 Å². The summed E-state index contributed by atoms with van der Waals surface area (Å²) in [5, 5.41) is 2.54. The molecular formula is C17H25N3O4. The van der Waals surface area contributed by atoms with Gasteiger partial charge in [0.2, 0.25) is 5.91 Å².